The van der Waals surface area contributed by atoms with Crippen molar-refractivity contribution in [2.45, 2.75) is 13.8 Å². The Morgan fingerprint density at radius 1 is 1.21 bits per heavy atom. The first-order valence-corrected chi connectivity index (χ1v) is 11.1. The molecule has 0 radical (unpaired) electrons. The number of anilines is 1. The Kier molecular flexibility index (Phi) is 7.59. The van der Waals surface area contributed by atoms with Crippen molar-refractivity contribution in [3.05, 3.63) is 55.6 Å². The second-order valence-corrected chi connectivity index (χ2v) is 8.48. The minimum Gasteiger partial charge on any atom is -0.490 e. The molecular weight excluding hydrogens is 565 g/mol. The van der Waals surface area contributed by atoms with Crippen LogP contribution in [0, 0.1) is 10.5 Å². The van der Waals surface area contributed by atoms with Crippen molar-refractivity contribution in [2.75, 3.05) is 18.1 Å². The van der Waals surface area contributed by atoms with Gasteiger partial charge < -0.3 is 15.2 Å². The van der Waals surface area contributed by atoms with Crippen LogP contribution >= 0.6 is 34.2 Å². The fourth-order valence-electron chi connectivity index (χ4n) is 3.00. The number of benzene rings is 2. The van der Waals surface area contributed by atoms with E-state index in [1.807, 2.05) is 22.6 Å². The van der Waals surface area contributed by atoms with E-state index in [2.05, 4.69) is 5.32 Å². The van der Waals surface area contributed by atoms with Crippen LogP contribution in [0.2, 0.25) is 5.02 Å². The predicted molar refractivity (Wildman–Crippen MR) is 130 cm³/mol. The molecule has 2 aromatic carbocycles. The molecule has 0 aliphatic carbocycles. The topological polar surface area (TPSA) is 128 Å². The highest BCUT2D eigenvalue weighted by Gasteiger charge is 2.37. The molecule has 3 rings (SSSR count). The summed E-state index contributed by atoms with van der Waals surface area (Å²) < 4.78 is 11.6. The van der Waals surface area contributed by atoms with Crippen molar-refractivity contribution in [1.82, 2.24) is 5.32 Å². The molecule has 2 aromatic rings. The average molecular weight is 584 g/mol. The van der Waals surface area contributed by atoms with E-state index < -0.39 is 23.8 Å². The summed E-state index contributed by atoms with van der Waals surface area (Å²) in [5, 5.41) is 2.54. The average Bonchev–Trinajstić information content (AvgIpc) is 2.73. The number of carbonyl (C=O) groups excluding carboxylic acids is 4. The lowest BCUT2D eigenvalue weighted by Crippen LogP contribution is -2.54. The van der Waals surface area contributed by atoms with Crippen LogP contribution in [-0.2, 0) is 14.4 Å². The van der Waals surface area contributed by atoms with E-state index in [4.69, 9.17) is 26.8 Å². The minimum absolute atomic E-state index is 0.228. The molecule has 0 saturated carbocycles. The van der Waals surface area contributed by atoms with Crippen LogP contribution in [-0.4, -0.2) is 37.0 Å². The van der Waals surface area contributed by atoms with Gasteiger partial charge in [0.15, 0.2) is 18.1 Å². The number of rotatable bonds is 7. The number of nitrogens with zero attached hydrogens (tertiary/aromatic N) is 1. The molecule has 5 amide bonds. The van der Waals surface area contributed by atoms with Gasteiger partial charge in [-0.15, -0.1) is 0 Å². The highest BCUT2D eigenvalue weighted by molar-refractivity contribution is 14.1. The van der Waals surface area contributed by atoms with Gasteiger partial charge in [-0.2, -0.15) is 0 Å². The second kappa shape index (κ2) is 10.2. The van der Waals surface area contributed by atoms with E-state index in [9.17, 15) is 19.2 Å². The summed E-state index contributed by atoms with van der Waals surface area (Å²) in [4.78, 5) is 49.9. The highest BCUT2D eigenvalue weighted by Crippen LogP contribution is 2.35. The second-order valence-electron chi connectivity index (χ2n) is 6.91. The predicted octanol–water partition coefficient (Wildman–Crippen LogP) is 3.18. The van der Waals surface area contributed by atoms with Gasteiger partial charge >= 0.3 is 6.03 Å². The van der Waals surface area contributed by atoms with Crippen LogP contribution in [0.5, 0.6) is 11.5 Å². The summed E-state index contributed by atoms with van der Waals surface area (Å²) in [6, 6.07) is 7.02. The van der Waals surface area contributed by atoms with Gasteiger partial charge in [0.05, 0.1) is 15.9 Å². The van der Waals surface area contributed by atoms with Crippen molar-refractivity contribution in [1.29, 1.82) is 0 Å². The van der Waals surface area contributed by atoms with Gasteiger partial charge in [-0.05, 0) is 77.9 Å². The zero-order valence-electron chi connectivity index (χ0n) is 17.6. The molecule has 11 heteroatoms. The van der Waals surface area contributed by atoms with Crippen molar-refractivity contribution < 1.29 is 28.7 Å². The van der Waals surface area contributed by atoms with Gasteiger partial charge in [-0.3, -0.25) is 19.7 Å². The normalized spacial score (nSPS) is 15.0. The number of primary amides is 1. The molecule has 0 unspecified atom stereocenters. The molecule has 1 aliphatic heterocycles. The summed E-state index contributed by atoms with van der Waals surface area (Å²) in [6.45, 7) is 3.52. The van der Waals surface area contributed by atoms with E-state index in [1.165, 1.54) is 12.1 Å². The van der Waals surface area contributed by atoms with Gasteiger partial charge in [-0.25, -0.2) is 9.69 Å². The van der Waals surface area contributed by atoms with Crippen molar-refractivity contribution >= 4 is 69.7 Å². The number of hydrogen-bond acceptors (Lipinski definition) is 6. The van der Waals surface area contributed by atoms with Crippen molar-refractivity contribution in [3.63, 3.8) is 0 Å². The smallest absolute Gasteiger partial charge is 0.335 e. The van der Waals surface area contributed by atoms with E-state index in [-0.39, 0.29) is 17.9 Å². The third kappa shape index (κ3) is 5.45. The standard InChI is InChI=1S/C22H19ClIN3O6/c1-3-32-17-8-12(7-16(24)19(17)33-10-18(25)28)6-14-20(29)26-22(31)27(21(14)30)13-5-4-11(2)15(23)9-13/h4-9H,3,10H2,1-2H3,(H2,25,28)(H,26,29,31)/b14-6+. The lowest BCUT2D eigenvalue weighted by molar-refractivity contribution is -0.123. The first-order valence-electron chi connectivity index (χ1n) is 9.67. The SMILES string of the molecule is CCOc1cc(/C=C2\C(=O)NC(=O)N(c3ccc(C)c(Cl)c3)C2=O)cc(I)c1OCC(N)=O. The van der Waals surface area contributed by atoms with E-state index in [0.29, 0.717) is 32.3 Å². The number of ether oxygens (including phenoxy) is 2. The third-order valence-corrected chi connectivity index (χ3v) is 5.73. The van der Waals surface area contributed by atoms with Gasteiger partial charge in [0.2, 0.25) is 0 Å². The summed E-state index contributed by atoms with van der Waals surface area (Å²) in [5.74, 6) is -1.67. The van der Waals surface area contributed by atoms with Crippen molar-refractivity contribution in [3.8, 4) is 11.5 Å². The Hall–Kier alpha value is -3.12. The van der Waals surface area contributed by atoms with Crippen LogP contribution in [0.3, 0.4) is 0 Å². The number of aryl methyl sites for hydroxylation is 1. The zero-order chi connectivity index (χ0) is 24.3. The van der Waals surface area contributed by atoms with Crippen LogP contribution in [0.4, 0.5) is 10.5 Å². The molecule has 0 bridgehead atoms. The summed E-state index contributed by atoms with van der Waals surface area (Å²) in [6.07, 6.45) is 1.34. The van der Waals surface area contributed by atoms with Crippen molar-refractivity contribution in [2.24, 2.45) is 5.73 Å². The lowest BCUT2D eigenvalue weighted by atomic mass is 10.1. The van der Waals surface area contributed by atoms with Gasteiger partial charge in [0, 0.05) is 5.02 Å². The Morgan fingerprint density at radius 2 is 1.94 bits per heavy atom. The van der Waals surface area contributed by atoms with Crippen LogP contribution in [0.15, 0.2) is 35.9 Å². The van der Waals surface area contributed by atoms with E-state index in [1.54, 1.807) is 38.1 Å². The molecule has 0 aromatic heterocycles. The number of carbonyl (C=O) groups is 4. The number of nitrogens with two attached hydrogens (primary N) is 1. The number of nitrogens with one attached hydrogen (secondary N) is 1. The Balaban J connectivity index is 2.02. The molecule has 1 fully saturated rings. The van der Waals surface area contributed by atoms with E-state index in [0.717, 1.165) is 10.5 Å². The number of urea groups is 1. The highest BCUT2D eigenvalue weighted by atomic mass is 127. The van der Waals surface area contributed by atoms with Gasteiger partial charge in [-0.1, -0.05) is 17.7 Å². The molecule has 1 saturated heterocycles. The molecule has 33 heavy (non-hydrogen) atoms. The summed E-state index contributed by atoms with van der Waals surface area (Å²) in [5.41, 5.74) is 6.34. The van der Waals surface area contributed by atoms with Gasteiger partial charge in [0.1, 0.15) is 5.57 Å². The molecule has 172 valence electrons. The molecule has 1 heterocycles. The first-order chi connectivity index (χ1) is 15.6. The first kappa shape index (κ1) is 24.5. The molecular formula is C22H19ClIN3O6. The monoisotopic (exact) mass is 583 g/mol. The Bertz CT molecular complexity index is 1200. The fourth-order valence-corrected chi connectivity index (χ4v) is 3.95. The summed E-state index contributed by atoms with van der Waals surface area (Å²) in [7, 11) is 0. The molecule has 3 N–H and O–H groups in total. The maximum absolute atomic E-state index is 13.1. The number of halogens is 2. The molecule has 1 aliphatic rings. The quantitative estimate of drug-likeness (QED) is 0.293. The maximum Gasteiger partial charge on any atom is 0.335 e. The van der Waals surface area contributed by atoms with E-state index >= 15 is 0 Å². The van der Waals surface area contributed by atoms with Gasteiger partial charge in [0.25, 0.3) is 17.7 Å². The lowest BCUT2D eigenvalue weighted by Gasteiger charge is -2.26. The largest absolute Gasteiger partial charge is 0.490 e. The number of barbiturate groups is 1. The maximum atomic E-state index is 13.1. The number of imide groups is 2. The van der Waals surface area contributed by atoms with Crippen LogP contribution in [0.25, 0.3) is 6.08 Å². The number of amides is 5. The molecule has 0 spiro atoms. The Morgan fingerprint density at radius 3 is 2.58 bits per heavy atom. The molecule has 0 atom stereocenters. The molecule has 9 nitrogen and oxygen atoms in total. The van der Waals surface area contributed by atoms with Crippen LogP contribution < -0.4 is 25.4 Å². The van der Waals surface area contributed by atoms with Crippen LogP contribution in [0.1, 0.15) is 18.1 Å². The number of hydrogen-bond donors (Lipinski definition) is 2. The third-order valence-electron chi connectivity index (χ3n) is 4.52. The minimum atomic E-state index is -0.873. The fraction of sp³-hybridized carbons (Fsp3) is 0.182. The summed E-state index contributed by atoms with van der Waals surface area (Å²) >= 11 is 8.12. The Labute approximate surface area is 208 Å². The zero-order valence-corrected chi connectivity index (χ0v) is 20.5.